The predicted molar refractivity (Wildman–Crippen MR) is 116 cm³/mol. The fraction of sp³-hybridized carbons (Fsp3) is 0.381. The molecule has 0 bridgehead atoms. The quantitative estimate of drug-likeness (QED) is 0.555. The van der Waals surface area contributed by atoms with Gasteiger partial charge in [0.05, 0.1) is 16.1 Å². The third kappa shape index (κ3) is 4.65. The van der Waals surface area contributed by atoms with Gasteiger partial charge in [0.15, 0.2) is 5.58 Å². The van der Waals surface area contributed by atoms with Crippen molar-refractivity contribution in [3.8, 4) is 0 Å². The first-order valence-electron chi connectivity index (χ1n) is 10.2. The summed E-state index contributed by atoms with van der Waals surface area (Å²) in [6.45, 7) is 4.10. The molecule has 4 rings (SSSR count). The van der Waals surface area contributed by atoms with Crippen LogP contribution in [0.2, 0.25) is 0 Å². The molecule has 1 aromatic heterocycles. The van der Waals surface area contributed by atoms with Crippen molar-refractivity contribution < 1.29 is 17.2 Å². The minimum atomic E-state index is -3.70. The Labute approximate surface area is 179 Å². The average molecular weight is 449 g/mol. The van der Waals surface area contributed by atoms with E-state index in [2.05, 4.69) is 9.62 Å². The second-order valence-electron chi connectivity index (χ2n) is 7.59. The first kappa shape index (κ1) is 21.5. The Bertz CT molecular complexity index is 1230. The molecule has 166 valence electrons. The third-order valence-electron chi connectivity index (χ3n) is 5.58. The highest BCUT2D eigenvalue weighted by Gasteiger charge is 2.20. The van der Waals surface area contributed by atoms with Crippen LogP contribution in [0.4, 0.5) is 10.1 Å². The van der Waals surface area contributed by atoms with Crippen LogP contribution in [-0.4, -0.2) is 57.2 Å². The number of rotatable bonds is 7. The molecular weight excluding hydrogens is 423 g/mol. The van der Waals surface area contributed by atoms with Crippen molar-refractivity contribution in [2.24, 2.45) is 7.05 Å². The number of sulfonamides is 1. The lowest BCUT2D eigenvalue weighted by atomic mass is 10.2. The summed E-state index contributed by atoms with van der Waals surface area (Å²) in [6, 6.07) is 11.2. The Morgan fingerprint density at radius 1 is 1.10 bits per heavy atom. The zero-order valence-corrected chi connectivity index (χ0v) is 18.1. The molecule has 0 atom stereocenters. The Morgan fingerprint density at radius 3 is 2.58 bits per heavy atom. The molecule has 1 fully saturated rings. The van der Waals surface area contributed by atoms with Crippen LogP contribution in [0, 0.1) is 5.82 Å². The second-order valence-corrected chi connectivity index (χ2v) is 9.35. The van der Waals surface area contributed by atoms with E-state index in [0.29, 0.717) is 24.2 Å². The van der Waals surface area contributed by atoms with E-state index in [-0.39, 0.29) is 16.3 Å². The topological polar surface area (TPSA) is 87.8 Å². The van der Waals surface area contributed by atoms with Crippen LogP contribution in [0.5, 0.6) is 0 Å². The third-order valence-corrected chi connectivity index (χ3v) is 7.04. The van der Waals surface area contributed by atoms with Crippen molar-refractivity contribution in [2.45, 2.75) is 11.3 Å². The molecule has 8 nitrogen and oxygen atoms in total. The molecule has 0 spiro atoms. The molecule has 2 aromatic carbocycles. The van der Waals surface area contributed by atoms with Gasteiger partial charge in [-0.25, -0.2) is 22.3 Å². The van der Waals surface area contributed by atoms with E-state index in [1.54, 1.807) is 25.2 Å². The number of hydrogen-bond donors (Lipinski definition) is 1. The lowest BCUT2D eigenvalue weighted by molar-refractivity contribution is 0.255. The minimum Gasteiger partial charge on any atom is -0.408 e. The van der Waals surface area contributed by atoms with Crippen LogP contribution in [0.15, 0.2) is 56.6 Å². The standard InChI is InChI=1S/C21H25FN4O4S/c1-24-19-8-7-16(15-20(19)30-21(24)27)31(28,29)23-9-4-10-25-11-13-26(14-12-25)18-6-3-2-5-17(18)22/h2-3,5-8,15,23H,4,9-14H2,1H3. The van der Waals surface area contributed by atoms with Crippen LogP contribution in [0.1, 0.15) is 6.42 Å². The molecular formula is C21H25FN4O4S. The van der Waals surface area contributed by atoms with E-state index >= 15 is 0 Å². The molecule has 0 unspecified atom stereocenters. The number of benzene rings is 2. The maximum atomic E-state index is 13.9. The van der Waals surface area contributed by atoms with Crippen molar-refractivity contribution in [2.75, 3.05) is 44.2 Å². The molecule has 1 saturated heterocycles. The van der Waals surface area contributed by atoms with Gasteiger partial charge in [0.25, 0.3) is 0 Å². The van der Waals surface area contributed by atoms with Gasteiger partial charge in [-0.05, 0) is 37.2 Å². The summed E-state index contributed by atoms with van der Waals surface area (Å²) in [5.74, 6) is -0.745. The van der Waals surface area contributed by atoms with Gasteiger partial charge in [0.1, 0.15) is 5.82 Å². The number of fused-ring (bicyclic) bond motifs is 1. The highest BCUT2D eigenvalue weighted by Crippen LogP contribution is 2.20. The fourth-order valence-corrected chi connectivity index (χ4v) is 4.88. The van der Waals surface area contributed by atoms with Gasteiger partial charge in [-0.2, -0.15) is 0 Å². The van der Waals surface area contributed by atoms with Crippen LogP contribution in [0.25, 0.3) is 11.1 Å². The summed E-state index contributed by atoms with van der Waals surface area (Å²) in [6.07, 6.45) is 0.654. The van der Waals surface area contributed by atoms with Crippen LogP contribution in [0.3, 0.4) is 0 Å². The maximum Gasteiger partial charge on any atom is 0.419 e. The van der Waals surface area contributed by atoms with Crippen molar-refractivity contribution in [1.29, 1.82) is 0 Å². The lowest BCUT2D eigenvalue weighted by Crippen LogP contribution is -2.47. The molecule has 0 aliphatic carbocycles. The Balaban J connectivity index is 1.26. The number of piperazine rings is 1. The number of oxazole rings is 1. The summed E-state index contributed by atoms with van der Waals surface area (Å²) in [7, 11) is -2.13. The molecule has 1 aliphatic rings. The summed E-state index contributed by atoms with van der Waals surface area (Å²) >= 11 is 0. The Morgan fingerprint density at radius 2 is 1.84 bits per heavy atom. The predicted octanol–water partition coefficient (Wildman–Crippen LogP) is 1.76. The molecule has 3 aromatic rings. The van der Waals surface area contributed by atoms with Crippen molar-refractivity contribution in [3.05, 3.63) is 58.8 Å². The maximum absolute atomic E-state index is 13.9. The Kier molecular flexibility index (Phi) is 6.12. The van der Waals surface area contributed by atoms with Gasteiger partial charge in [-0.3, -0.25) is 9.47 Å². The van der Waals surface area contributed by atoms with Crippen molar-refractivity contribution in [1.82, 2.24) is 14.2 Å². The van der Waals surface area contributed by atoms with E-state index in [9.17, 15) is 17.6 Å². The normalized spacial score (nSPS) is 15.6. The number of aromatic nitrogens is 1. The largest absolute Gasteiger partial charge is 0.419 e. The summed E-state index contributed by atoms with van der Waals surface area (Å²) in [5.41, 5.74) is 1.41. The van der Waals surface area contributed by atoms with Gasteiger partial charge in [-0.1, -0.05) is 12.1 Å². The number of nitrogens with one attached hydrogen (secondary N) is 1. The number of nitrogens with zero attached hydrogens (tertiary/aromatic N) is 3. The average Bonchev–Trinajstić information content (AvgIpc) is 3.05. The molecule has 31 heavy (non-hydrogen) atoms. The number of aryl methyl sites for hydroxylation is 1. The SMILES string of the molecule is Cn1c(=O)oc2cc(S(=O)(=O)NCCCN3CCN(c4ccccc4F)CC3)ccc21. The van der Waals surface area contributed by atoms with E-state index < -0.39 is 15.8 Å². The molecule has 10 heteroatoms. The van der Waals surface area contributed by atoms with Gasteiger partial charge >= 0.3 is 5.76 Å². The highest BCUT2D eigenvalue weighted by molar-refractivity contribution is 7.89. The molecule has 2 heterocycles. The lowest BCUT2D eigenvalue weighted by Gasteiger charge is -2.36. The van der Waals surface area contributed by atoms with Crippen molar-refractivity contribution >= 4 is 26.8 Å². The van der Waals surface area contributed by atoms with Gasteiger partial charge in [-0.15, -0.1) is 0 Å². The van der Waals surface area contributed by atoms with Crippen LogP contribution in [-0.2, 0) is 17.1 Å². The molecule has 0 radical (unpaired) electrons. The number of hydrogen-bond acceptors (Lipinski definition) is 6. The van der Waals surface area contributed by atoms with E-state index in [1.807, 2.05) is 11.0 Å². The van der Waals surface area contributed by atoms with E-state index in [4.69, 9.17) is 4.42 Å². The summed E-state index contributed by atoms with van der Waals surface area (Å²) < 4.78 is 48.0. The van der Waals surface area contributed by atoms with Gasteiger partial charge in [0, 0.05) is 45.8 Å². The van der Waals surface area contributed by atoms with Crippen LogP contribution >= 0.6 is 0 Å². The minimum absolute atomic E-state index is 0.0628. The first-order valence-corrected chi connectivity index (χ1v) is 11.6. The monoisotopic (exact) mass is 448 g/mol. The summed E-state index contributed by atoms with van der Waals surface area (Å²) in [4.78, 5) is 15.9. The van der Waals surface area contributed by atoms with Gasteiger partial charge in [0.2, 0.25) is 10.0 Å². The van der Waals surface area contributed by atoms with Gasteiger partial charge < -0.3 is 9.32 Å². The van der Waals surface area contributed by atoms with E-state index in [0.717, 1.165) is 32.7 Å². The molecule has 0 saturated carbocycles. The first-order chi connectivity index (χ1) is 14.8. The fourth-order valence-electron chi connectivity index (χ4n) is 3.79. The number of halogens is 1. The highest BCUT2D eigenvalue weighted by atomic mass is 32.2. The second kappa shape index (κ2) is 8.81. The van der Waals surface area contributed by atoms with Crippen LogP contribution < -0.4 is 15.4 Å². The Hall–Kier alpha value is -2.69. The number of para-hydroxylation sites is 1. The van der Waals surface area contributed by atoms with Crippen molar-refractivity contribution in [3.63, 3.8) is 0 Å². The zero-order chi connectivity index (χ0) is 22.0. The summed E-state index contributed by atoms with van der Waals surface area (Å²) in [5, 5.41) is 0. The molecule has 0 amide bonds. The zero-order valence-electron chi connectivity index (χ0n) is 17.3. The molecule has 1 aliphatic heterocycles. The smallest absolute Gasteiger partial charge is 0.408 e. The van der Waals surface area contributed by atoms with E-state index in [1.165, 1.54) is 22.8 Å². The number of anilines is 1. The molecule has 1 N–H and O–H groups in total.